The molecule has 0 spiro atoms. The Morgan fingerprint density at radius 2 is 2.16 bits per heavy atom. The van der Waals surface area contributed by atoms with Gasteiger partial charge in [-0.2, -0.15) is 0 Å². The standard InChI is InChI=1S/C15H25N3O/c1-4-5-8-18(11-15(16)19)14-7-6-13(10-17-3)12(2)9-14/h6-7,9,17H,4-5,8,10-11H2,1-3H3,(H2,16,19). The fraction of sp³-hybridized carbons (Fsp3) is 0.533. The minimum atomic E-state index is -0.284. The van der Waals surface area contributed by atoms with Gasteiger partial charge in [-0.25, -0.2) is 0 Å². The Morgan fingerprint density at radius 1 is 1.42 bits per heavy atom. The van der Waals surface area contributed by atoms with Crippen molar-refractivity contribution in [3.63, 3.8) is 0 Å². The summed E-state index contributed by atoms with van der Waals surface area (Å²) in [5.74, 6) is -0.284. The highest BCUT2D eigenvalue weighted by atomic mass is 16.1. The molecule has 0 saturated carbocycles. The van der Waals surface area contributed by atoms with Gasteiger partial charge in [0.25, 0.3) is 0 Å². The maximum Gasteiger partial charge on any atom is 0.236 e. The van der Waals surface area contributed by atoms with E-state index < -0.39 is 0 Å². The van der Waals surface area contributed by atoms with Gasteiger partial charge in [0, 0.05) is 18.8 Å². The van der Waals surface area contributed by atoms with Crippen molar-refractivity contribution in [2.45, 2.75) is 33.2 Å². The molecule has 0 saturated heterocycles. The summed E-state index contributed by atoms with van der Waals surface area (Å²) in [6.45, 7) is 6.24. The topological polar surface area (TPSA) is 58.4 Å². The number of carbonyl (C=O) groups is 1. The molecule has 0 aliphatic heterocycles. The normalized spacial score (nSPS) is 10.5. The molecule has 0 bridgehead atoms. The molecule has 0 fully saturated rings. The number of nitrogens with one attached hydrogen (secondary N) is 1. The molecule has 0 aliphatic rings. The highest BCUT2D eigenvalue weighted by Gasteiger charge is 2.10. The van der Waals surface area contributed by atoms with Crippen molar-refractivity contribution in [2.24, 2.45) is 5.73 Å². The average Bonchev–Trinajstić information content (AvgIpc) is 2.36. The number of nitrogens with zero attached hydrogens (tertiary/aromatic N) is 1. The van der Waals surface area contributed by atoms with Gasteiger partial charge in [0.05, 0.1) is 6.54 Å². The molecule has 1 amide bonds. The molecule has 106 valence electrons. The van der Waals surface area contributed by atoms with Gasteiger partial charge in [0.2, 0.25) is 5.91 Å². The number of nitrogens with two attached hydrogens (primary N) is 1. The first-order valence-electron chi connectivity index (χ1n) is 6.85. The van der Waals surface area contributed by atoms with Crippen LogP contribution in [0.5, 0.6) is 0 Å². The third-order valence-corrected chi connectivity index (χ3v) is 3.19. The maximum atomic E-state index is 11.2. The summed E-state index contributed by atoms with van der Waals surface area (Å²) < 4.78 is 0. The molecule has 0 aromatic heterocycles. The van der Waals surface area contributed by atoms with Crippen molar-refractivity contribution in [1.29, 1.82) is 0 Å². The summed E-state index contributed by atoms with van der Waals surface area (Å²) >= 11 is 0. The SMILES string of the molecule is CCCCN(CC(N)=O)c1ccc(CNC)c(C)c1. The molecule has 4 heteroatoms. The van der Waals surface area contributed by atoms with Crippen LogP contribution >= 0.6 is 0 Å². The van der Waals surface area contributed by atoms with Crippen molar-refractivity contribution < 1.29 is 4.79 Å². The summed E-state index contributed by atoms with van der Waals surface area (Å²) in [5.41, 5.74) is 8.91. The van der Waals surface area contributed by atoms with E-state index in [1.807, 2.05) is 7.05 Å². The lowest BCUT2D eigenvalue weighted by atomic mass is 10.1. The van der Waals surface area contributed by atoms with Crippen molar-refractivity contribution >= 4 is 11.6 Å². The highest BCUT2D eigenvalue weighted by molar-refractivity contribution is 5.79. The zero-order valence-electron chi connectivity index (χ0n) is 12.2. The van der Waals surface area contributed by atoms with Crippen LogP contribution in [-0.4, -0.2) is 26.0 Å². The quantitative estimate of drug-likeness (QED) is 0.752. The van der Waals surface area contributed by atoms with Crippen molar-refractivity contribution in [1.82, 2.24) is 5.32 Å². The van der Waals surface area contributed by atoms with Crippen LogP contribution in [-0.2, 0) is 11.3 Å². The van der Waals surface area contributed by atoms with E-state index in [1.54, 1.807) is 0 Å². The number of primary amides is 1. The molecule has 0 radical (unpaired) electrons. The van der Waals surface area contributed by atoms with Crippen LogP contribution in [0.2, 0.25) is 0 Å². The highest BCUT2D eigenvalue weighted by Crippen LogP contribution is 2.19. The summed E-state index contributed by atoms with van der Waals surface area (Å²) in [5, 5.41) is 3.15. The lowest BCUT2D eigenvalue weighted by molar-refractivity contribution is -0.116. The second-order valence-corrected chi connectivity index (χ2v) is 4.88. The Kier molecular flexibility index (Phi) is 6.36. The number of hydrogen-bond donors (Lipinski definition) is 2. The largest absolute Gasteiger partial charge is 0.368 e. The third kappa shape index (κ3) is 4.91. The Balaban J connectivity index is 2.88. The second-order valence-electron chi connectivity index (χ2n) is 4.88. The summed E-state index contributed by atoms with van der Waals surface area (Å²) in [4.78, 5) is 13.2. The van der Waals surface area contributed by atoms with E-state index >= 15 is 0 Å². The van der Waals surface area contributed by atoms with Gasteiger partial charge in [0.1, 0.15) is 0 Å². The van der Waals surface area contributed by atoms with Gasteiger partial charge in [0.15, 0.2) is 0 Å². The van der Waals surface area contributed by atoms with Crippen molar-refractivity contribution in [3.8, 4) is 0 Å². The van der Waals surface area contributed by atoms with Crippen LogP contribution in [0.1, 0.15) is 30.9 Å². The minimum Gasteiger partial charge on any atom is -0.368 e. The van der Waals surface area contributed by atoms with Crippen LogP contribution in [0.25, 0.3) is 0 Å². The van der Waals surface area contributed by atoms with Crippen molar-refractivity contribution in [3.05, 3.63) is 29.3 Å². The van der Waals surface area contributed by atoms with Crippen molar-refractivity contribution in [2.75, 3.05) is 25.0 Å². The minimum absolute atomic E-state index is 0.283. The van der Waals surface area contributed by atoms with Crippen LogP contribution in [0.3, 0.4) is 0 Å². The molecule has 1 rings (SSSR count). The van der Waals surface area contributed by atoms with Gasteiger partial charge in [-0.1, -0.05) is 19.4 Å². The van der Waals surface area contributed by atoms with Gasteiger partial charge < -0.3 is 16.0 Å². The zero-order valence-corrected chi connectivity index (χ0v) is 12.2. The van der Waals surface area contributed by atoms with E-state index in [0.717, 1.165) is 31.6 Å². The number of unbranched alkanes of at least 4 members (excludes halogenated alkanes) is 1. The molecular weight excluding hydrogens is 238 g/mol. The zero-order chi connectivity index (χ0) is 14.3. The Hall–Kier alpha value is -1.55. The first kappa shape index (κ1) is 15.5. The summed E-state index contributed by atoms with van der Waals surface area (Å²) in [6.07, 6.45) is 2.16. The van der Waals surface area contributed by atoms with Gasteiger partial charge in [-0.3, -0.25) is 4.79 Å². The molecule has 1 aromatic carbocycles. The van der Waals surface area contributed by atoms with Gasteiger partial charge >= 0.3 is 0 Å². The molecule has 0 atom stereocenters. The first-order chi connectivity index (χ1) is 9.08. The fourth-order valence-electron chi connectivity index (χ4n) is 2.10. The number of aryl methyl sites for hydroxylation is 1. The molecule has 4 nitrogen and oxygen atoms in total. The number of carbonyl (C=O) groups excluding carboxylic acids is 1. The van der Waals surface area contributed by atoms with Crippen LogP contribution in [0, 0.1) is 6.92 Å². The predicted molar refractivity (Wildman–Crippen MR) is 80.3 cm³/mol. The molecule has 19 heavy (non-hydrogen) atoms. The molecule has 1 aromatic rings. The van der Waals surface area contributed by atoms with E-state index in [9.17, 15) is 4.79 Å². The molecule has 0 unspecified atom stereocenters. The molecular formula is C15H25N3O. The smallest absolute Gasteiger partial charge is 0.236 e. The fourth-order valence-corrected chi connectivity index (χ4v) is 2.10. The second kappa shape index (κ2) is 7.79. The van der Waals surface area contributed by atoms with Gasteiger partial charge in [-0.05, 0) is 43.7 Å². The van der Waals surface area contributed by atoms with Gasteiger partial charge in [-0.15, -0.1) is 0 Å². The number of amides is 1. The number of benzene rings is 1. The summed E-state index contributed by atoms with van der Waals surface area (Å²) in [6, 6.07) is 6.31. The van der Waals surface area contributed by atoms with Crippen LogP contribution < -0.4 is 16.0 Å². The molecule has 3 N–H and O–H groups in total. The Bertz CT molecular complexity index is 418. The predicted octanol–water partition coefficient (Wildman–Crippen LogP) is 1.81. The average molecular weight is 263 g/mol. The van der Waals surface area contributed by atoms with E-state index in [1.165, 1.54) is 11.1 Å². The van der Waals surface area contributed by atoms with E-state index in [4.69, 9.17) is 5.73 Å². The first-order valence-corrected chi connectivity index (χ1v) is 6.85. The lowest BCUT2D eigenvalue weighted by Crippen LogP contribution is -2.34. The van der Waals surface area contributed by atoms with E-state index in [-0.39, 0.29) is 12.5 Å². The number of hydrogen-bond acceptors (Lipinski definition) is 3. The van der Waals surface area contributed by atoms with E-state index in [0.29, 0.717) is 0 Å². The van der Waals surface area contributed by atoms with Crippen LogP contribution in [0.4, 0.5) is 5.69 Å². The lowest BCUT2D eigenvalue weighted by Gasteiger charge is -2.24. The number of rotatable bonds is 8. The summed E-state index contributed by atoms with van der Waals surface area (Å²) in [7, 11) is 1.94. The Labute approximate surface area is 116 Å². The Morgan fingerprint density at radius 3 is 2.68 bits per heavy atom. The molecule has 0 aliphatic carbocycles. The monoisotopic (exact) mass is 263 g/mol. The maximum absolute atomic E-state index is 11.2. The van der Waals surface area contributed by atoms with E-state index in [2.05, 4.69) is 42.3 Å². The third-order valence-electron chi connectivity index (χ3n) is 3.19. The molecule has 0 heterocycles. The number of anilines is 1. The van der Waals surface area contributed by atoms with Crippen LogP contribution in [0.15, 0.2) is 18.2 Å².